The number of aliphatic imine (C=N–C) groups is 1. The Balaban J connectivity index is 1.84. The van der Waals surface area contributed by atoms with Crippen molar-refractivity contribution in [3.8, 4) is 0 Å². The molecule has 0 aromatic heterocycles. The third-order valence-electron chi connectivity index (χ3n) is 4.38. The number of halogens is 2. The second-order valence-corrected chi connectivity index (χ2v) is 8.34. The second-order valence-electron chi connectivity index (χ2n) is 6.51. The molecular formula is C23H16Br2N2O. The van der Waals surface area contributed by atoms with Gasteiger partial charge in [0.2, 0.25) is 0 Å². The molecule has 1 heterocycles. The summed E-state index contributed by atoms with van der Waals surface area (Å²) in [7, 11) is 0. The lowest BCUT2D eigenvalue weighted by atomic mass is 10.1. The Morgan fingerprint density at radius 2 is 1.64 bits per heavy atom. The van der Waals surface area contributed by atoms with E-state index in [0.717, 1.165) is 31.3 Å². The highest BCUT2D eigenvalue weighted by Crippen LogP contribution is 2.30. The first-order chi connectivity index (χ1) is 13.5. The predicted molar refractivity (Wildman–Crippen MR) is 121 cm³/mol. The molecule has 0 spiro atoms. The SMILES string of the molecule is Cc1cccc(C2=N/C(=C/c3ccc(Br)cc3)C(=O)N2c2cccc(Br)c2)c1. The first-order valence-corrected chi connectivity index (χ1v) is 10.3. The number of hydrogen-bond donors (Lipinski definition) is 0. The maximum Gasteiger partial charge on any atom is 0.282 e. The van der Waals surface area contributed by atoms with Gasteiger partial charge in [0.25, 0.3) is 5.91 Å². The van der Waals surface area contributed by atoms with Gasteiger partial charge >= 0.3 is 0 Å². The minimum atomic E-state index is -0.141. The number of amides is 1. The van der Waals surface area contributed by atoms with Crippen molar-refractivity contribution < 1.29 is 4.79 Å². The molecular weight excluding hydrogens is 480 g/mol. The number of hydrogen-bond acceptors (Lipinski definition) is 2. The number of rotatable bonds is 3. The van der Waals surface area contributed by atoms with Gasteiger partial charge in [-0.15, -0.1) is 0 Å². The summed E-state index contributed by atoms with van der Waals surface area (Å²) in [6.07, 6.45) is 1.82. The van der Waals surface area contributed by atoms with Crippen LogP contribution in [0.2, 0.25) is 0 Å². The fraction of sp³-hybridized carbons (Fsp3) is 0.0435. The van der Waals surface area contributed by atoms with Crippen LogP contribution in [-0.4, -0.2) is 11.7 Å². The molecule has 3 aromatic rings. The Morgan fingerprint density at radius 3 is 2.36 bits per heavy atom. The molecule has 4 rings (SSSR count). The van der Waals surface area contributed by atoms with E-state index in [9.17, 15) is 4.79 Å². The first-order valence-electron chi connectivity index (χ1n) is 8.74. The van der Waals surface area contributed by atoms with Crippen LogP contribution >= 0.6 is 31.9 Å². The average Bonchev–Trinajstić information content (AvgIpc) is 3.00. The third kappa shape index (κ3) is 3.86. The molecule has 0 saturated heterocycles. The number of carbonyl (C=O) groups excluding carboxylic acids is 1. The van der Waals surface area contributed by atoms with Crippen LogP contribution in [-0.2, 0) is 4.79 Å². The van der Waals surface area contributed by atoms with E-state index in [1.807, 2.05) is 85.8 Å². The normalized spacial score (nSPS) is 15.2. The summed E-state index contributed by atoms with van der Waals surface area (Å²) in [6, 6.07) is 23.5. The highest BCUT2D eigenvalue weighted by molar-refractivity contribution is 9.10. The molecule has 0 aliphatic carbocycles. The molecule has 0 atom stereocenters. The fourth-order valence-electron chi connectivity index (χ4n) is 3.07. The van der Waals surface area contributed by atoms with Gasteiger partial charge in [-0.05, 0) is 55.0 Å². The van der Waals surface area contributed by atoms with E-state index in [2.05, 4.69) is 31.9 Å². The van der Waals surface area contributed by atoms with Gasteiger partial charge in [-0.2, -0.15) is 0 Å². The monoisotopic (exact) mass is 494 g/mol. The van der Waals surface area contributed by atoms with Crippen molar-refractivity contribution in [2.75, 3.05) is 4.90 Å². The number of amidine groups is 1. The summed E-state index contributed by atoms with van der Waals surface area (Å²) >= 11 is 6.93. The molecule has 0 unspecified atom stereocenters. The summed E-state index contributed by atoms with van der Waals surface area (Å²) in [5.41, 5.74) is 4.15. The first kappa shape index (κ1) is 18.8. The molecule has 0 radical (unpaired) electrons. The van der Waals surface area contributed by atoms with Crippen LogP contribution in [0.1, 0.15) is 16.7 Å². The Morgan fingerprint density at radius 1 is 0.893 bits per heavy atom. The molecule has 1 aliphatic heterocycles. The van der Waals surface area contributed by atoms with Crippen LogP contribution in [0.3, 0.4) is 0 Å². The van der Waals surface area contributed by atoms with Crippen molar-refractivity contribution in [1.29, 1.82) is 0 Å². The molecule has 3 nitrogen and oxygen atoms in total. The zero-order valence-corrected chi connectivity index (χ0v) is 18.2. The number of benzene rings is 3. The van der Waals surface area contributed by atoms with Crippen molar-refractivity contribution in [2.45, 2.75) is 6.92 Å². The second kappa shape index (κ2) is 7.86. The van der Waals surface area contributed by atoms with Crippen LogP contribution in [0.25, 0.3) is 6.08 Å². The maximum atomic E-state index is 13.3. The standard InChI is InChI=1S/C23H16Br2N2O/c1-15-4-2-5-17(12-15)22-26-21(13-16-8-10-18(24)11-9-16)23(28)27(22)20-7-3-6-19(25)14-20/h2-14H,1H3/b21-13+. The van der Waals surface area contributed by atoms with Crippen molar-refractivity contribution in [3.63, 3.8) is 0 Å². The van der Waals surface area contributed by atoms with Gasteiger partial charge in [-0.1, -0.05) is 73.8 Å². The van der Waals surface area contributed by atoms with Crippen molar-refractivity contribution in [2.24, 2.45) is 4.99 Å². The summed E-state index contributed by atoms with van der Waals surface area (Å²) in [5.74, 6) is 0.493. The van der Waals surface area contributed by atoms with Crippen LogP contribution in [0.5, 0.6) is 0 Å². The lowest BCUT2D eigenvalue weighted by Gasteiger charge is -2.19. The molecule has 5 heteroatoms. The van der Waals surface area contributed by atoms with Crippen molar-refractivity contribution >= 4 is 55.4 Å². The molecule has 0 fully saturated rings. The van der Waals surface area contributed by atoms with E-state index in [4.69, 9.17) is 4.99 Å². The number of anilines is 1. The summed E-state index contributed by atoms with van der Waals surface area (Å²) in [6.45, 7) is 2.03. The van der Waals surface area contributed by atoms with Gasteiger partial charge in [0.1, 0.15) is 11.5 Å². The molecule has 0 N–H and O–H groups in total. The molecule has 1 amide bonds. The minimum Gasteiger partial charge on any atom is -0.266 e. The largest absolute Gasteiger partial charge is 0.282 e. The lowest BCUT2D eigenvalue weighted by Crippen LogP contribution is -2.32. The van der Waals surface area contributed by atoms with Gasteiger partial charge in [0.15, 0.2) is 0 Å². The Hall–Kier alpha value is -2.50. The van der Waals surface area contributed by atoms with E-state index >= 15 is 0 Å². The number of nitrogens with zero attached hydrogens (tertiary/aromatic N) is 2. The summed E-state index contributed by atoms with van der Waals surface area (Å²) in [4.78, 5) is 19.7. The Kier molecular flexibility index (Phi) is 5.29. The topological polar surface area (TPSA) is 32.7 Å². The van der Waals surface area contributed by atoms with E-state index in [-0.39, 0.29) is 5.91 Å². The van der Waals surface area contributed by atoms with Crippen LogP contribution < -0.4 is 4.90 Å². The zero-order valence-electron chi connectivity index (χ0n) is 15.1. The lowest BCUT2D eigenvalue weighted by molar-refractivity contribution is -0.113. The average molecular weight is 496 g/mol. The van der Waals surface area contributed by atoms with E-state index in [1.54, 1.807) is 4.90 Å². The summed E-state index contributed by atoms with van der Waals surface area (Å²) < 4.78 is 1.90. The number of aryl methyl sites for hydroxylation is 1. The molecule has 0 bridgehead atoms. The van der Waals surface area contributed by atoms with Gasteiger partial charge in [-0.25, -0.2) is 4.99 Å². The van der Waals surface area contributed by atoms with Gasteiger partial charge < -0.3 is 0 Å². The van der Waals surface area contributed by atoms with E-state index in [0.29, 0.717) is 11.5 Å². The molecule has 3 aromatic carbocycles. The smallest absolute Gasteiger partial charge is 0.266 e. The molecule has 28 heavy (non-hydrogen) atoms. The zero-order chi connectivity index (χ0) is 19.7. The van der Waals surface area contributed by atoms with Crippen molar-refractivity contribution in [3.05, 3.63) is 104 Å². The Labute approximate surface area is 180 Å². The van der Waals surface area contributed by atoms with Crippen molar-refractivity contribution in [1.82, 2.24) is 0 Å². The van der Waals surface area contributed by atoms with Gasteiger partial charge in [0.05, 0.1) is 5.69 Å². The molecule has 138 valence electrons. The van der Waals surface area contributed by atoms with E-state index < -0.39 is 0 Å². The quantitative estimate of drug-likeness (QED) is 0.389. The minimum absolute atomic E-state index is 0.141. The molecule has 0 saturated carbocycles. The summed E-state index contributed by atoms with van der Waals surface area (Å²) in [5, 5.41) is 0. The third-order valence-corrected chi connectivity index (χ3v) is 5.40. The van der Waals surface area contributed by atoms with Crippen LogP contribution in [0.4, 0.5) is 5.69 Å². The maximum absolute atomic E-state index is 13.3. The fourth-order valence-corrected chi connectivity index (χ4v) is 3.72. The van der Waals surface area contributed by atoms with Gasteiger partial charge in [-0.3, -0.25) is 9.69 Å². The predicted octanol–water partition coefficient (Wildman–Crippen LogP) is 6.35. The van der Waals surface area contributed by atoms with Crippen LogP contribution in [0, 0.1) is 6.92 Å². The number of carbonyl (C=O) groups is 1. The van der Waals surface area contributed by atoms with Crippen LogP contribution in [0.15, 0.2) is 92.4 Å². The highest BCUT2D eigenvalue weighted by Gasteiger charge is 2.32. The van der Waals surface area contributed by atoms with E-state index in [1.165, 1.54) is 0 Å². The highest BCUT2D eigenvalue weighted by atomic mass is 79.9. The van der Waals surface area contributed by atoms with Gasteiger partial charge in [0, 0.05) is 14.5 Å². The molecule has 1 aliphatic rings. The Bertz CT molecular complexity index is 1120.